The first-order valence-corrected chi connectivity index (χ1v) is 8.78. The van der Waals surface area contributed by atoms with Gasteiger partial charge in [-0.15, -0.1) is 11.6 Å². The first-order valence-electron chi connectivity index (χ1n) is 6.80. The van der Waals surface area contributed by atoms with Crippen molar-refractivity contribution >= 4 is 21.6 Å². The van der Waals surface area contributed by atoms with E-state index in [0.717, 1.165) is 19.3 Å². The third kappa shape index (κ3) is 3.27. The fourth-order valence-electron chi connectivity index (χ4n) is 1.97. The van der Waals surface area contributed by atoms with Crippen molar-refractivity contribution in [1.82, 2.24) is 4.31 Å². The molecule has 0 unspecified atom stereocenters. The molecule has 1 aliphatic carbocycles. The second-order valence-electron chi connectivity index (χ2n) is 5.00. The lowest BCUT2D eigenvalue weighted by Gasteiger charge is -2.18. The number of halogens is 1. The van der Waals surface area contributed by atoms with E-state index in [1.54, 1.807) is 25.2 Å². The van der Waals surface area contributed by atoms with E-state index in [1.165, 1.54) is 4.31 Å². The van der Waals surface area contributed by atoms with Gasteiger partial charge in [0.15, 0.2) is 0 Å². The van der Waals surface area contributed by atoms with Gasteiger partial charge in [-0.25, -0.2) is 8.42 Å². The van der Waals surface area contributed by atoms with Crippen LogP contribution in [-0.2, 0) is 15.9 Å². The third-order valence-electron chi connectivity index (χ3n) is 3.38. The first-order chi connectivity index (χ1) is 9.50. The van der Waals surface area contributed by atoms with E-state index < -0.39 is 10.0 Å². The van der Waals surface area contributed by atoms with Crippen molar-refractivity contribution in [3.8, 4) is 5.75 Å². The SMILES string of the molecule is CCCOc1ccc(S(=O)(=O)N(C)C2CC2)cc1CCl. The Balaban J connectivity index is 2.28. The van der Waals surface area contributed by atoms with Gasteiger partial charge in [0.2, 0.25) is 10.0 Å². The molecule has 112 valence electrons. The summed E-state index contributed by atoms with van der Waals surface area (Å²) < 4.78 is 31.9. The van der Waals surface area contributed by atoms with Gasteiger partial charge in [-0.2, -0.15) is 4.31 Å². The Kier molecular flexibility index (Phi) is 4.94. The minimum atomic E-state index is -3.43. The standard InChI is InChI=1S/C14H20ClNO3S/c1-3-8-19-14-7-6-13(9-11(14)10-15)20(17,18)16(2)12-4-5-12/h6-7,9,12H,3-5,8,10H2,1-2H3. The summed E-state index contributed by atoms with van der Waals surface area (Å²) in [7, 11) is -1.79. The molecule has 0 saturated heterocycles. The van der Waals surface area contributed by atoms with Crippen LogP contribution in [0.5, 0.6) is 5.75 Å². The summed E-state index contributed by atoms with van der Waals surface area (Å²) in [5.74, 6) is 0.894. The molecule has 0 aromatic heterocycles. The van der Waals surface area contributed by atoms with Crippen molar-refractivity contribution in [2.75, 3.05) is 13.7 Å². The van der Waals surface area contributed by atoms with Crippen molar-refractivity contribution in [2.24, 2.45) is 0 Å². The van der Waals surface area contributed by atoms with Gasteiger partial charge >= 0.3 is 0 Å². The average molecular weight is 318 g/mol. The molecule has 0 amide bonds. The fourth-order valence-corrected chi connectivity index (χ4v) is 3.65. The van der Waals surface area contributed by atoms with Crippen LogP contribution in [0.25, 0.3) is 0 Å². The molecule has 1 aromatic carbocycles. The molecule has 0 spiro atoms. The minimum Gasteiger partial charge on any atom is -0.493 e. The summed E-state index contributed by atoms with van der Waals surface area (Å²) in [6.45, 7) is 2.61. The summed E-state index contributed by atoms with van der Waals surface area (Å²) in [6.07, 6.45) is 2.78. The Morgan fingerprint density at radius 3 is 2.65 bits per heavy atom. The summed E-state index contributed by atoms with van der Waals surface area (Å²) in [6, 6.07) is 5.05. The molecule has 0 atom stereocenters. The minimum absolute atomic E-state index is 0.149. The van der Waals surface area contributed by atoms with Crippen molar-refractivity contribution in [1.29, 1.82) is 0 Å². The van der Waals surface area contributed by atoms with Gasteiger partial charge in [0, 0.05) is 18.7 Å². The normalized spacial score (nSPS) is 15.6. The molecule has 20 heavy (non-hydrogen) atoms. The van der Waals surface area contributed by atoms with Gasteiger partial charge in [-0.05, 0) is 37.5 Å². The summed E-state index contributed by atoms with van der Waals surface area (Å²) in [4.78, 5) is 0.284. The van der Waals surface area contributed by atoms with E-state index in [0.29, 0.717) is 17.9 Å². The van der Waals surface area contributed by atoms with Crippen molar-refractivity contribution in [3.05, 3.63) is 23.8 Å². The zero-order valence-electron chi connectivity index (χ0n) is 11.8. The molecule has 1 aliphatic rings. The van der Waals surface area contributed by atoms with Crippen molar-refractivity contribution < 1.29 is 13.2 Å². The summed E-state index contributed by atoms with van der Waals surface area (Å²) in [5, 5.41) is 0. The van der Waals surface area contributed by atoms with Gasteiger partial charge in [0.1, 0.15) is 5.75 Å². The summed E-state index contributed by atoms with van der Waals surface area (Å²) >= 11 is 5.90. The van der Waals surface area contributed by atoms with Gasteiger partial charge in [-0.3, -0.25) is 0 Å². The summed E-state index contributed by atoms with van der Waals surface area (Å²) in [5.41, 5.74) is 0.713. The lowest BCUT2D eigenvalue weighted by molar-refractivity contribution is 0.315. The fraction of sp³-hybridized carbons (Fsp3) is 0.571. The second-order valence-corrected chi connectivity index (χ2v) is 7.27. The van der Waals surface area contributed by atoms with Gasteiger partial charge in [0.25, 0.3) is 0 Å². The molecule has 4 nitrogen and oxygen atoms in total. The van der Waals surface area contributed by atoms with Crippen LogP contribution in [0.3, 0.4) is 0 Å². The molecular weight excluding hydrogens is 298 g/mol. The highest BCUT2D eigenvalue weighted by Gasteiger charge is 2.35. The molecular formula is C14H20ClNO3S. The highest BCUT2D eigenvalue weighted by Crippen LogP contribution is 2.32. The maximum absolute atomic E-state index is 12.4. The average Bonchev–Trinajstić information content (AvgIpc) is 3.28. The van der Waals surface area contributed by atoms with Crippen molar-refractivity contribution in [3.63, 3.8) is 0 Å². The highest BCUT2D eigenvalue weighted by molar-refractivity contribution is 7.89. The highest BCUT2D eigenvalue weighted by atomic mass is 35.5. The van der Waals surface area contributed by atoms with Crippen molar-refractivity contribution in [2.45, 2.75) is 43.0 Å². The largest absolute Gasteiger partial charge is 0.493 e. The zero-order chi connectivity index (χ0) is 14.8. The Hall–Kier alpha value is -0.780. The first kappa shape index (κ1) is 15.6. The van der Waals surface area contributed by atoms with E-state index in [-0.39, 0.29) is 16.8 Å². The number of hydrogen-bond donors (Lipinski definition) is 0. The maximum Gasteiger partial charge on any atom is 0.243 e. The molecule has 0 radical (unpaired) electrons. The van der Waals surface area contributed by atoms with Gasteiger partial charge in [-0.1, -0.05) is 6.92 Å². The molecule has 0 bridgehead atoms. The number of ether oxygens (including phenoxy) is 1. The van der Waals surface area contributed by atoms with E-state index >= 15 is 0 Å². The number of benzene rings is 1. The van der Waals surface area contributed by atoms with Crippen LogP contribution in [0.1, 0.15) is 31.7 Å². The molecule has 6 heteroatoms. The van der Waals surface area contributed by atoms with E-state index in [4.69, 9.17) is 16.3 Å². The lowest BCUT2D eigenvalue weighted by atomic mass is 10.2. The van der Waals surface area contributed by atoms with Crippen LogP contribution < -0.4 is 4.74 Å². The third-order valence-corrected chi connectivity index (χ3v) is 5.57. The number of sulfonamides is 1. The predicted octanol–water partition coefficient (Wildman–Crippen LogP) is 3.00. The Morgan fingerprint density at radius 2 is 2.10 bits per heavy atom. The van der Waals surface area contributed by atoms with E-state index in [9.17, 15) is 8.42 Å². The molecule has 2 rings (SSSR count). The van der Waals surface area contributed by atoms with Crippen LogP contribution >= 0.6 is 11.6 Å². The molecule has 0 aliphatic heterocycles. The Bertz CT molecular complexity index is 570. The molecule has 1 fully saturated rings. The smallest absolute Gasteiger partial charge is 0.243 e. The zero-order valence-corrected chi connectivity index (χ0v) is 13.4. The quantitative estimate of drug-likeness (QED) is 0.726. The maximum atomic E-state index is 12.4. The monoisotopic (exact) mass is 317 g/mol. The number of nitrogens with zero attached hydrogens (tertiary/aromatic N) is 1. The van der Waals surface area contributed by atoms with E-state index in [1.807, 2.05) is 6.92 Å². The van der Waals surface area contributed by atoms with Crippen LogP contribution in [0, 0.1) is 0 Å². The lowest BCUT2D eigenvalue weighted by Crippen LogP contribution is -2.29. The molecule has 0 heterocycles. The topological polar surface area (TPSA) is 46.6 Å². The number of hydrogen-bond acceptors (Lipinski definition) is 3. The van der Waals surface area contributed by atoms with Crippen LogP contribution in [0.2, 0.25) is 0 Å². The van der Waals surface area contributed by atoms with E-state index in [2.05, 4.69) is 0 Å². The van der Waals surface area contributed by atoms with Gasteiger partial charge in [0.05, 0.1) is 17.4 Å². The molecule has 0 N–H and O–H groups in total. The van der Waals surface area contributed by atoms with Crippen LogP contribution in [0.15, 0.2) is 23.1 Å². The molecule has 1 saturated carbocycles. The van der Waals surface area contributed by atoms with Crippen LogP contribution in [-0.4, -0.2) is 32.4 Å². The Labute approximate surface area is 125 Å². The predicted molar refractivity (Wildman–Crippen MR) is 79.8 cm³/mol. The second kappa shape index (κ2) is 6.33. The van der Waals surface area contributed by atoms with Gasteiger partial charge < -0.3 is 4.74 Å². The number of rotatable bonds is 7. The van der Waals surface area contributed by atoms with Crippen LogP contribution in [0.4, 0.5) is 0 Å². The number of alkyl halides is 1. The molecule has 1 aromatic rings. The Morgan fingerprint density at radius 1 is 1.40 bits per heavy atom.